The van der Waals surface area contributed by atoms with Gasteiger partial charge in [-0.2, -0.15) is 0 Å². The van der Waals surface area contributed by atoms with Gasteiger partial charge in [0.05, 0.1) is 11.5 Å². The molecule has 1 aromatic carbocycles. The van der Waals surface area contributed by atoms with Gasteiger partial charge in [0.25, 0.3) is 5.69 Å². The molecule has 0 radical (unpaired) electrons. The second-order valence-corrected chi connectivity index (χ2v) is 2.98. The van der Waals surface area contributed by atoms with Gasteiger partial charge in [0, 0.05) is 11.6 Å². The summed E-state index contributed by atoms with van der Waals surface area (Å²) in [7, 11) is 1.71. The second kappa shape index (κ2) is 5.09. The van der Waals surface area contributed by atoms with Gasteiger partial charge in [-0.15, -0.1) is 0 Å². The lowest BCUT2D eigenvalue weighted by molar-refractivity contribution is -0.384. The van der Waals surface area contributed by atoms with Crippen LogP contribution in [0.4, 0.5) is 15.8 Å². The molecule has 0 aliphatic heterocycles. The number of anilines is 1. The standard InChI is InChI=1S/C10H10FN3O2/c1-13-4-2-3-7-5-8(11)10(12)9(6-7)14(15)16/h5-6,13H,4,12H2,1H3. The van der Waals surface area contributed by atoms with Crippen molar-refractivity contribution in [2.75, 3.05) is 19.3 Å². The number of nitrogens with two attached hydrogens (primary N) is 1. The molecule has 5 nitrogen and oxygen atoms in total. The third-order valence-corrected chi connectivity index (χ3v) is 1.80. The van der Waals surface area contributed by atoms with E-state index in [1.165, 1.54) is 0 Å². The number of halogens is 1. The largest absolute Gasteiger partial charge is 0.391 e. The van der Waals surface area contributed by atoms with Crippen molar-refractivity contribution in [1.82, 2.24) is 5.32 Å². The van der Waals surface area contributed by atoms with Gasteiger partial charge in [-0.1, -0.05) is 11.8 Å². The number of nitro benzene ring substituents is 1. The molecule has 84 valence electrons. The number of rotatable bonds is 2. The zero-order chi connectivity index (χ0) is 12.1. The Kier molecular flexibility index (Phi) is 3.80. The van der Waals surface area contributed by atoms with Gasteiger partial charge in [0.2, 0.25) is 0 Å². The summed E-state index contributed by atoms with van der Waals surface area (Å²) in [5.74, 6) is 4.44. The van der Waals surface area contributed by atoms with E-state index in [0.29, 0.717) is 6.54 Å². The fourth-order valence-corrected chi connectivity index (χ4v) is 1.06. The van der Waals surface area contributed by atoms with Crippen molar-refractivity contribution in [1.29, 1.82) is 0 Å². The van der Waals surface area contributed by atoms with E-state index in [-0.39, 0.29) is 5.56 Å². The van der Waals surface area contributed by atoms with Crippen molar-refractivity contribution in [2.45, 2.75) is 0 Å². The fourth-order valence-electron chi connectivity index (χ4n) is 1.06. The normalized spacial score (nSPS) is 9.38. The molecule has 16 heavy (non-hydrogen) atoms. The van der Waals surface area contributed by atoms with Crippen LogP contribution in [0.5, 0.6) is 0 Å². The summed E-state index contributed by atoms with van der Waals surface area (Å²) >= 11 is 0. The van der Waals surface area contributed by atoms with E-state index in [1.807, 2.05) is 0 Å². The van der Waals surface area contributed by atoms with Gasteiger partial charge >= 0.3 is 0 Å². The Balaban J connectivity index is 3.15. The molecule has 1 rings (SSSR count). The summed E-state index contributed by atoms with van der Waals surface area (Å²) in [5.41, 5.74) is 4.53. The number of hydrogen-bond donors (Lipinski definition) is 2. The molecule has 0 saturated heterocycles. The van der Waals surface area contributed by atoms with Crippen LogP contribution in [0.2, 0.25) is 0 Å². The van der Waals surface area contributed by atoms with Gasteiger partial charge in [0.1, 0.15) is 5.69 Å². The van der Waals surface area contributed by atoms with E-state index in [4.69, 9.17) is 5.73 Å². The van der Waals surface area contributed by atoms with Crippen LogP contribution < -0.4 is 11.1 Å². The predicted molar refractivity (Wildman–Crippen MR) is 58.3 cm³/mol. The second-order valence-electron chi connectivity index (χ2n) is 2.98. The molecule has 1 aromatic rings. The number of hydrogen-bond acceptors (Lipinski definition) is 4. The van der Waals surface area contributed by atoms with Crippen molar-refractivity contribution in [2.24, 2.45) is 0 Å². The summed E-state index contributed by atoms with van der Waals surface area (Å²) in [4.78, 5) is 9.82. The third-order valence-electron chi connectivity index (χ3n) is 1.80. The Labute approximate surface area is 91.6 Å². The smallest absolute Gasteiger partial charge is 0.296 e. The summed E-state index contributed by atoms with van der Waals surface area (Å²) < 4.78 is 13.2. The Morgan fingerprint density at radius 2 is 2.31 bits per heavy atom. The van der Waals surface area contributed by atoms with Crippen LogP contribution in [0.25, 0.3) is 0 Å². The van der Waals surface area contributed by atoms with E-state index in [1.54, 1.807) is 7.05 Å². The molecule has 0 heterocycles. The molecule has 0 amide bonds. The van der Waals surface area contributed by atoms with Crippen molar-refractivity contribution in [3.63, 3.8) is 0 Å². The molecule has 0 spiro atoms. The molecular weight excluding hydrogens is 213 g/mol. The lowest BCUT2D eigenvalue weighted by Crippen LogP contribution is -2.04. The van der Waals surface area contributed by atoms with Crippen molar-refractivity contribution in [3.05, 3.63) is 33.6 Å². The van der Waals surface area contributed by atoms with Crippen LogP contribution in [-0.4, -0.2) is 18.5 Å². The summed E-state index contributed by atoms with van der Waals surface area (Å²) in [6.07, 6.45) is 0. The van der Waals surface area contributed by atoms with E-state index >= 15 is 0 Å². The zero-order valence-electron chi connectivity index (χ0n) is 8.58. The lowest BCUT2D eigenvalue weighted by Gasteiger charge is -1.99. The van der Waals surface area contributed by atoms with Crippen LogP contribution in [0, 0.1) is 27.8 Å². The van der Waals surface area contributed by atoms with E-state index in [9.17, 15) is 14.5 Å². The van der Waals surface area contributed by atoms with Crippen molar-refractivity contribution in [3.8, 4) is 11.8 Å². The molecule has 0 unspecified atom stereocenters. The highest BCUT2D eigenvalue weighted by atomic mass is 19.1. The summed E-state index contributed by atoms with van der Waals surface area (Å²) in [6, 6.07) is 2.23. The van der Waals surface area contributed by atoms with E-state index in [0.717, 1.165) is 12.1 Å². The molecule has 0 fully saturated rings. The number of nitrogens with one attached hydrogen (secondary N) is 1. The van der Waals surface area contributed by atoms with Crippen molar-refractivity contribution >= 4 is 11.4 Å². The first-order valence-electron chi connectivity index (χ1n) is 4.43. The highest BCUT2D eigenvalue weighted by Crippen LogP contribution is 2.25. The number of nitrogen functional groups attached to an aromatic ring is 1. The van der Waals surface area contributed by atoms with Gasteiger partial charge < -0.3 is 11.1 Å². The number of nitrogens with zero attached hydrogens (tertiary/aromatic N) is 1. The average molecular weight is 223 g/mol. The van der Waals surface area contributed by atoms with Crippen LogP contribution in [-0.2, 0) is 0 Å². The van der Waals surface area contributed by atoms with Gasteiger partial charge in [-0.3, -0.25) is 10.1 Å². The Hall–Kier alpha value is -2.13. The molecule has 0 aliphatic rings. The molecule has 3 N–H and O–H groups in total. The Bertz CT molecular complexity index is 477. The average Bonchev–Trinajstić information content (AvgIpc) is 2.23. The van der Waals surface area contributed by atoms with Crippen molar-refractivity contribution < 1.29 is 9.31 Å². The van der Waals surface area contributed by atoms with Crippen LogP contribution in [0.15, 0.2) is 12.1 Å². The third kappa shape index (κ3) is 2.68. The van der Waals surface area contributed by atoms with Crippen LogP contribution >= 0.6 is 0 Å². The summed E-state index contributed by atoms with van der Waals surface area (Å²) in [5, 5.41) is 13.3. The first-order valence-corrected chi connectivity index (χ1v) is 4.43. The molecular formula is C10H10FN3O2. The maximum absolute atomic E-state index is 13.2. The maximum Gasteiger partial charge on any atom is 0.296 e. The highest BCUT2D eigenvalue weighted by Gasteiger charge is 2.16. The van der Waals surface area contributed by atoms with Crippen LogP contribution in [0.1, 0.15) is 5.56 Å². The Morgan fingerprint density at radius 3 is 2.88 bits per heavy atom. The lowest BCUT2D eigenvalue weighted by atomic mass is 10.1. The minimum absolute atomic E-state index is 0.230. The predicted octanol–water partition coefficient (Wildman–Crippen LogP) is 0.887. The highest BCUT2D eigenvalue weighted by molar-refractivity contribution is 5.62. The topological polar surface area (TPSA) is 81.2 Å². The maximum atomic E-state index is 13.2. The summed E-state index contributed by atoms with van der Waals surface area (Å²) in [6.45, 7) is 0.416. The van der Waals surface area contributed by atoms with Gasteiger partial charge in [0.15, 0.2) is 5.82 Å². The Morgan fingerprint density at radius 1 is 1.62 bits per heavy atom. The van der Waals surface area contributed by atoms with Gasteiger partial charge in [-0.05, 0) is 13.1 Å². The molecule has 0 saturated carbocycles. The van der Waals surface area contributed by atoms with E-state index < -0.39 is 22.1 Å². The first kappa shape index (κ1) is 11.9. The van der Waals surface area contributed by atoms with E-state index in [2.05, 4.69) is 17.2 Å². The fraction of sp³-hybridized carbons (Fsp3) is 0.200. The monoisotopic (exact) mass is 223 g/mol. The molecule has 0 bridgehead atoms. The molecule has 0 aliphatic carbocycles. The molecule has 6 heteroatoms. The minimum atomic E-state index is -0.831. The van der Waals surface area contributed by atoms with Crippen LogP contribution in [0.3, 0.4) is 0 Å². The quantitative estimate of drug-likeness (QED) is 0.337. The zero-order valence-corrected chi connectivity index (χ0v) is 8.58. The number of benzene rings is 1. The SMILES string of the molecule is CNCC#Cc1cc(F)c(N)c([N+](=O)[O-])c1. The van der Waals surface area contributed by atoms with Gasteiger partial charge in [-0.25, -0.2) is 4.39 Å². The molecule has 0 atom stereocenters. The first-order chi connectivity index (χ1) is 7.56. The minimum Gasteiger partial charge on any atom is -0.391 e. The molecule has 0 aromatic heterocycles. The number of nitro groups is 1.